The molecule has 1 N–H and O–H groups in total. The van der Waals surface area contributed by atoms with Crippen molar-refractivity contribution >= 4 is 0 Å². The van der Waals surface area contributed by atoms with Crippen LogP contribution in [0.15, 0.2) is 24.2 Å². The average molecular weight is 238 g/mol. The van der Waals surface area contributed by atoms with Gasteiger partial charge in [0.15, 0.2) is 0 Å². The molecule has 2 nitrogen and oxygen atoms in total. The van der Waals surface area contributed by atoms with Gasteiger partial charge in [0.05, 0.1) is 7.11 Å². The van der Waals surface area contributed by atoms with Gasteiger partial charge in [-0.3, -0.25) is 0 Å². The quantitative estimate of drug-likeness (QED) is 0.542. The number of rotatable bonds is 6. The van der Waals surface area contributed by atoms with Crippen molar-refractivity contribution in [2.75, 3.05) is 7.11 Å². The standard InChI is InChI=1S/C15H26O2/c1-4-14(15(17-3)10-12(2)16)11-13-8-6-5-7-9-13/h10,13-14,16H,2,4-9,11H2,1,3H3/b15-10-/t14-/m1/s1. The Bertz CT molecular complexity index is 262. The summed E-state index contributed by atoms with van der Waals surface area (Å²) < 4.78 is 5.40. The van der Waals surface area contributed by atoms with E-state index in [2.05, 4.69) is 13.5 Å². The Morgan fingerprint density at radius 2 is 2.06 bits per heavy atom. The van der Waals surface area contributed by atoms with Gasteiger partial charge in [-0.1, -0.05) is 45.6 Å². The molecule has 1 rings (SSSR count). The fourth-order valence-corrected chi connectivity index (χ4v) is 2.82. The number of allylic oxidation sites excluding steroid dienone is 2. The molecule has 0 unspecified atom stereocenters. The van der Waals surface area contributed by atoms with E-state index in [1.165, 1.54) is 38.5 Å². The summed E-state index contributed by atoms with van der Waals surface area (Å²) in [5.41, 5.74) is 0. The summed E-state index contributed by atoms with van der Waals surface area (Å²) in [6.45, 7) is 5.69. The van der Waals surface area contributed by atoms with E-state index in [0.29, 0.717) is 5.92 Å². The van der Waals surface area contributed by atoms with Crippen LogP contribution < -0.4 is 0 Å². The van der Waals surface area contributed by atoms with E-state index in [4.69, 9.17) is 4.74 Å². The molecular weight excluding hydrogens is 212 g/mol. The van der Waals surface area contributed by atoms with Crippen LogP contribution in [-0.2, 0) is 4.74 Å². The van der Waals surface area contributed by atoms with Crippen LogP contribution in [0.3, 0.4) is 0 Å². The van der Waals surface area contributed by atoms with E-state index < -0.39 is 0 Å². The van der Waals surface area contributed by atoms with E-state index in [-0.39, 0.29) is 5.76 Å². The number of hydrogen-bond donors (Lipinski definition) is 1. The number of hydrogen-bond acceptors (Lipinski definition) is 2. The van der Waals surface area contributed by atoms with Gasteiger partial charge in [0.25, 0.3) is 0 Å². The maximum atomic E-state index is 9.25. The van der Waals surface area contributed by atoms with E-state index in [1.54, 1.807) is 13.2 Å². The van der Waals surface area contributed by atoms with Gasteiger partial charge in [-0.15, -0.1) is 0 Å². The first-order valence-electron chi connectivity index (χ1n) is 6.80. The highest BCUT2D eigenvalue weighted by Gasteiger charge is 2.21. The number of aliphatic hydroxyl groups excluding tert-OH is 1. The molecule has 0 aromatic rings. The van der Waals surface area contributed by atoms with Crippen LogP contribution in [0.5, 0.6) is 0 Å². The van der Waals surface area contributed by atoms with Gasteiger partial charge in [-0.25, -0.2) is 0 Å². The lowest BCUT2D eigenvalue weighted by atomic mass is 9.81. The lowest BCUT2D eigenvalue weighted by Crippen LogP contribution is -2.14. The number of methoxy groups -OCH3 is 1. The maximum Gasteiger partial charge on any atom is 0.111 e. The van der Waals surface area contributed by atoms with Crippen molar-refractivity contribution in [3.63, 3.8) is 0 Å². The van der Waals surface area contributed by atoms with Crippen LogP contribution in [0.1, 0.15) is 51.9 Å². The predicted octanol–water partition coefficient (Wildman–Crippen LogP) is 4.59. The molecule has 17 heavy (non-hydrogen) atoms. The zero-order valence-electron chi connectivity index (χ0n) is 11.2. The van der Waals surface area contributed by atoms with Gasteiger partial charge in [0.1, 0.15) is 11.5 Å². The molecule has 0 saturated heterocycles. The number of ether oxygens (including phenoxy) is 1. The Morgan fingerprint density at radius 3 is 2.53 bits per heavy atom. The molecule has 0 aromatic heterocycles. The lowest BCUT2D eigenvalue weighted by molar-refractivity contribution is 0.202. The van der Waals surface area contributed by atoms with Crippen molar-refractivity contribution < 1.29 is 9.84 Å². The minimum Gasteiger partial charge on any atom is -0.508 e. The van der Waals surface area contributed by atoms with Crippen molar-refractivity contribution in [2.45, 2.75) is 51.9 Å². The third-order valence-electron chi connectivity index (χ3n) is 3.78. The molecule has 0 bridgehead atoms. The van der Waals surface area contributed by atoms with Crippen molar-refractivity contribution in [2.24, 2.45) is 11.8 Å². The fraction of sp³-hybridized carbons (Fsp3) is 0.733. The van der Waals surface area contributed by atoms with Gasteiger partial charge in [0.2, 0.25) is 0 Å². The van der Waals surface area contributed by atoms with Gasteiger partial charge in [0, 0.05) is 12.0 Å². The molecular formula is C15H26O2. The molecule has 1 saturated carbocycles. The van der Waals surface area contributed by atoms with Gasteiger partial charge in [-0.05, 0) is 18.8 Å². The van der Waals surface area contributed by atoms with E-state index in [0.717, 1.165) is 18.1 Å². The second-order valence-electron chi connectivity index (χ2n) is 5.09. The minimum atomic E-state index is 0.0870. The summed E-state index contributed by atoms with van der Waals surface area (Å²) in [6, 6.07) is 0. The van der Waals surface area contributed by atoms with Gasteiger partial charge >= 0.3 is 0 Å². The third-order valence-corrected chi connectivity index (χ3v) is 3.78. The highest BCUT2D eigenvalue weighted by molar-refractivity contribution is 5.12. The Balaban J connectivity index is 2.58. The summed E-state index contributed by atoms with van der Waals surface area (Å²) in [4.78, 5) is 0. The summed E-state index contributed by atoms with van der Waals surface area (Å²) in [6.07, 6.45) is 10.8. The summed E-state index contributed by atoms with van der Waals surface area (Å²) in [7, 11) is 1.68. The molecule has 1 fully saturated rings. The summed E-state index contributed by atoms with van der Waals surface area (Å²) >= 11 is 0. The van der Waals surface area contributed by atoms with Gasteiger partial charge < -0.3 is 9.84 Å². The smallest absolute Gasteiger partial charge is 0.111 e. The molecule has 0 amide bonds. The normalized spacial score (nSPS) is 20.0. The SMILES string of the molecule is C=C(O)/C=C(\OC)[C@H](CC)CC1CCCCC1. The number of aliphatic hydroxyl groups is 1. The first kappa shape index (κ1) is 14.1. The van der Waals surface area contributed by atoms with Crippen LogP contribution in [0.4, 0.5) is 0 Å². The fourth-order valence-electron chi connectivity index (χ4n) is 2.82. The largest absolute Gasteiger partial charge is 0.508 e. The first-order chi connectivity index (χ1) is 8.17. The van der Waals surface area contributed by atoms with Crippen molar-refractivity contribution in [1.29, 1.82) is 0 Å². The van der Waals surface area contributed by atoms with Crippen molar-refractivity contribution in [1.82, 2.24) is 0 Å². The van der Waals surface area contributed by atoms with Crippen molar-refractivity contribution in [3.8, 4) is 0 Å². The van der Waals surface area contributed by atoms with Crippen LogP contribution in [0.25, 0.3) is 0 Å². The molecule has 1 aliphatic carbocycles. The van der Waals surface area contributed by atoms with E-state index >= 15 is 0 Å². The molecule has 2 heteroatoms. The van der Waals surface area contributed by atoms with Crippen LogP contribution >= 0.6 is 0 Å². The third kappa shape index (κ3) is 4.84. The predicted molar refractivity (Wildman–Crippen MR) is 71.8 cm³/mol. The summed E-state index contributed by atoms with van der Waals surface area (Å²) in [5, 5.41) is 9.25. The topological polar surface area (TPSA) is 29.5 Å². The van der Waals surface area contributed by atoms with Gasteiger partial charge in [-0.2, -0.15) is 0 Å². The van der Waals surface area contributed by atoms with E-state index in [1.807, 2.05) is 0 Å². The minimum absolute atomic E-state index is 0.0870. The zero-order chi connectivity index (χ0) is 12.7. The molecule has 1 atom stereocenters. The molecule has 0 aromatic carbocycles. The zero-order valence-corrected chi connectivity index (χ0v) is 11.2. The summed E-state index contributed by atoms with van der Waals surface area (Å²) in [5.74, 6) is 2.22. The molecule has 98 valence electrons. The monoisotopic (exact) mass is 238 g/mol. The van der Waals surface area contributed by atoms with Crippen LogP contribution in [0, 0.1) is 11.8 Å². The van der Waals surface area contributed by atoms with Crippen molar-refractivity contribution in [3.05, 3.63) is 24.2 Å². The molecule has 1 aliphatic rings. The van der Waals surface area contributed by atoms with Crippen LogP contribution in [0.2, 0.25) is 0 Å². The highest BCUT2D eigenvalue weighted by atomic mass is 16.5. The molecule has 0 heterocycles. The maximum absolute atomic E-state index is 9.25. The Hall–Kier alpha value is -0.920. The van der Waals surface area contributed by atoms with Crippen LogP contribution in [-0.4, -0.2) is 12.2 Å². The second-order valence-corrected chi connectivity index (χ2v) is 5.09. The first-order valence-corrected chi connectivity index (χ1v) is 6.80. The molecule has 0 radical (unpaired) electrons. The molecule has 0 spiro atoms. The molecule has 0 aliphatic heterocycles. The second kappa shape index (κ2) is 7.41. The average Bonchev–Trinajstić information content (AvgIpc) is 2.34. The Labute approximate surface area is 105 Å². The lowest BCUT2D eigenvalue weighted by Gasteiger charge is -2.26. The Kier molecular flexibility index (Phi) is 6.17. The highest BCUT2D eigenvalue weighted by Crippen LogP contribution is 2.33. The Morgan fingerprint density at radius 1 is 1.41 bits per heavy atom. The van der Waals surface area contributed by atoms with E-state index in [9.17, 15) is 5.11 Å².